The zero-order valence-corrected chi connectivity index (χ0v) is 11.0. The van der Waals surface area contributed by atoms with Crippen molar-refractivity contribution in [1.29, 1.82) is 0 Å². The number of hydrogen-bond acceptors (Lipinski definition) is 3. The lowest BCUT2D eigenvalue weighted by molar-refractivity contribution is -0.136. The predicted molar refractivity (Wildman–Crippen MR) is 75.2 cm³/mol. The first kappa shape index (κ1) is 13.5. The van der Waals surface area contributed by atoms with E-state index in [0.29, 0.717) is 0 Å². The second kappa shape index (κ2) is 6.29. The van der Waals surface area contributed by atoms with Crippen molar-refractivity contribution in [3.8, 4) is 0 Å². The summed E-state index contributed by atoms with van der Waals surface area (Å²) in [5, 5.41) is 14.0. The average molecular weight is 258 g/mol. The normalized spacial score (nSPS) is 12.5. The molecular formula is C15H18N2O2. The Morgan fingerprint density at radius 1 is 1.37 bits per heavy atom. The van der Waals surface area contributed by atoms with Crippen LogP contribution in [0, 0.1) is 0 Å². The fraction of sp³-hybridized carbons (Fsp3) is 0.333. The number of hydrogen-bond donors (Lipinski definition) is 2. The summed E-state index contributed by atoms with van der Waals surface area (Å²) in [4.78, 5) is 15.0. The Bertz CT molecular complexity index is 569. The van der Waals surface area contributed by atoms with E-state index in [9.17, 15) is 4.79 Å². The van der Waals surface area contributed by atoms with Crippen LogP contribution in [0.15, 0.2) is 36.5 Å². The van der Waals surface area contributed by atoms with Crippen LogP contribution in [-0.2, 0) is 11.2 Å². The first-order chi connectivity index (χ1) is 9.19. The van der Waals surface area contributed by atoms with Gasteiger partial charge in [-0.1, -0.05) is 31.2 Å². The molecule has 0 saturated heterocycles. The first-order valence-corrected chi connectivity index (χ1v) is 6.48. The van der Waals surface area contributed by atoms with E-state index in [1.165, 1.54) is 5.39 Å². The molecule has 0 aliphatic carbocycles. The van der Waals surface area contributed by atoms with Gasteiger partial charge in [0.15, 0.2) is 0 Å². The van der Waals surface area contributed by atoms with Crippen molar-refractivity contribution in [2.24, 2.45) is 0 Å². The minimum Gasteiger partial charge on any atom is -0.480 e. The molecule has 0 bridgehead atoms. The van der Waals surface area contributed by atoms with E-state index >= 15 is 0 Å². The van der Waals surface area contributed by atoms with E-state index in [2.05, 4.69) is 22.4 Å². The molecule has 2 rings (SSSR count). The van der Waals surface area contributed by atoms with Gasteiger partial charge in [0.2, 0.25) is 0 Å². The van der Waals surface area contributed by atoms with Crippen LogP contribution in [0.2, 0.25) is 0 Å². The third kappa shape index (κ3) is 3.76. The van der Waals surface area contributed by atoms with Gasteiger partial charge >= 0.3 is 5.97 Å². The van der Waals surface area contributed by atoms with Crippen molar-refractivity contribution in [3.63, 3.8) is 0 Å². The number of carbonyl (C=O) groups is 1. The summed E-state index contributed by atoms with van der Waals surface area (Å²) in [7, 11) is 0. The van der Waals surface area contributed by atoms with Crippen LogP contribution in [0.25, 0.3) is 10.8 Å². The number of aromatic nitrogens is 1. The van der Waals surface area contributed by atoms with Crippen LogP contribution in [0.4, 0.5) is 0 Å². The first-order valence-electron chi connectivity index (χ1n) is 6.48. The van der Waals surface area contributed by atoms with Gasteiger partial charge < -0.3 is 10.4 Å². The van der Waals surface area contributed by atoms with Gasteiger partial charge in [-0.25, -0.2) is 0 Å². The van der Waals surface area contributed by atoms with E-state index in [-0.39, 0.29) is 12.6 Å². The van der Waals surface area contributed by atoms with Crippen LogP contribution >= 0.6 is 0 Å². The minimum atomic E-state index is -0.829. The maximum absolute atomic E-state index is 10.6. The molecule has 0 aliphatic heterocycles. The SMILES string of the molecule is CCC(Cc1cc2ccccc2cn1)NCC(=O)O. The second-order valence-corrected chi connectivity index (χ2v) is 4.61. The van der Waals surface area contributed by atoms with Gasteiger partial charge in [0.05, 0.1) is 6.54 Å². The van der Waals surface area contributed by atoms with Crippen molar-refractivity contribution in [1.82, 2.24) is 10.3 Å². The minimum absolute atomic E-state index is 0.00785. The Hall–Kier alpha value is -1.94. The molecule has 100 valence electrons. The van der Waals surface area contributed by atoms with Crippen molar-refractivity contribution in [2.45, 2.75) is 25.8 Å². The molecule has 4 nitrogen and oxygen atoms in total. The molecule has 0 radical (unpaired) electrons. The number of fused-ring (bicyclic) bond motifs is 1. The van der Waals surface area contributed by atoms with E-state index in [0.717, 1.165) is 23.9 Å². The summed E-state index contributed by atoms with van der Waals surface area (Å²) in [5.74, 6) is -0.829. The monoisotopic (exact) mass is 258 g/mol. The summed E-state index contributed by atoms with van der Waals surface area (Å²) in [6, 6.07) is 10.3. The Morgan fingerprint density at radius 3 is 2.79 bits per heavy atom. The molecule has 0 fully saturated rings. The van der Waals surface area contributed by atoms with E-state index in [1.807, 2.05) is 31.3 Å². The highest BCUT2D eigenvalue weighted by molar-refractivity contribution is 5.81. The molecule has 1 unspecified atom stereocenters. The largest absolute Gasteiger partial charge is 0.480 e. The molecular weight excluding hydrogens is 240 g/mol. The van der Waals surface area contributed by atoms with Crippen molar-refractivity contribution in [3.05, 3.63) is 42.2 Å². The van der Waals surface area contributed by atoms with Gasteiger partial charge in [-0.2, -0.15) is 0 Å². The molecule has 0 amide bonds. The zero-order valence-electron chi connectivity index (χ0n) is 11.0. The second-order valence-electron chi connectivity index (χ2n) is 4.61. The van der Waals surface area contributed by atoms with Crippen LogP contribution < -0.4 is 5.32 Å². The van der Waals surface area contributed by atoms with Gasteiger partial charge in [0, 0.05) is 29.7 Å². The molecule has 0 saturated carbocycles. The Labute approximate surface area is 112 Å². The van der Waals surface area contributed by atoms with Crippen molar-refractivity contribution in [2.75, 3.05) is 6.54 Å². The zero-order chi connectivity index (χ0) is 13.7. The summed E-state index contributed by atoms with van der Waals surface area (Å²) >= 11 is 0. The Balaban J connectivity index is 2.08. The summed E-state index contributed by atoms with van der Waals surface area (Å²) < 4.78 is 0. The lowest BCUT2D eigenvalue weighted by Crippen LogP contribution is -2.34. The van der Waals surface area contributed by atoms with E-state index in [4.69, 9.17) is 5.11 Å². The third-order valence-corrected chi connectivity index (χ3v) is 3.18. The highest BCUT2D eigenvalue weighted by atomic mass is 16.4. The molecule has 1 aromatic carbocycles. The summed E-state index contributed by atoms with van der Waals surface area (Å²) in [6.07, 6.45) is 3.49. The highest BCUT2D eigenvalue weighted by Crippen LogP contribution is 2.14. The number of aliphatic carboxylic acids is 1. The number of rotatable bonds is 6. The quantitative estimate of drug-likeness (QED) is 0.834. The summed E-state index contributed by atoms with van der Waals surface area (Å²) in [6.45, 7) is 2.03. The number of carboxylic acids is 1. The molecule has 19 heavy (non-hydrogen) atoms. The number of carboxylic acid groups (broad SMARTS) is 1. The lowest BCUT2D eigenvalue weighted by Gasteiger charge is -2.15. The maximum atomic E-state index is 10.6. The predicted octanol–water partition coefficient (Wildman–Crippen LogP) is 2.23. The standard InChI is InChI=1S/C15H18N2O2/c1-2-13(17-10-15(18)19)8-14-7-11-5-3-4-6-12(11)9-16-14/h3-7,9,13,17H,2,8,10H2,1H3,(H,18,19). The van der Waals surface area contributed by atoms with Crippen LogP contribution in [0.1, 0.15) is 19.0 Å². The molecule has 2 N–H and O–H groups in total. The van der Waals surface area contributed by atoms with Gasteiger partial charge in [-0.3, -0.25) is 9.78 Å². The topological polar surface area (TPSA) is 62.2 Å². The fourth-order valence-corrected chi connectivity index (χ4v) is 2.09. The fourth-order valence-electron chi connectivity index (χ4n) is 2.09. The third-order valence-electron chi connectivity index (χ3n) is 3.18. The molecule has 0 spiro atoms. The van der Waals surface area contributed by atoms with Crippen LogP contribution in [0.5, 0.6) is 0 Å². The van der Waals surface area contributed by atoms with Gasteiger partial charge in [-0.05, 0) is 17.9 Å². The van der Waals surface area contributed by atoms with Crippen molar-refractivity contribution < 1.29 is 9.90 Å². The number of nitrogens with one attached hydrogen (secondary N) is 1. The number of pyridine rings is 1. The smallest absolute Gasteiger partial charge is 0.317 e. The Morgan fingerprint density at radius 2 is 2.11 bits per heavy atom. The molecule has 2 aromatic rings. The molecule has 1 aromatic heterocycles. The number of nitrogens with zero attached hydrogens (tertiary/aromatic N) is 1. The summed E-state index contributed by atoms with van der Waals surface area (Å²) in [5.41, 5.74) is 0.989. The van der Waals surface area contributed by atoms with Gasteiger partial charge in [0.1, 0.15) is 0 Å². The van der Waals surface area contributed by atoms with Gasteiger partial charge in [-0.15, -0.1) is 0 Å². The van der Waals surface area contributed by atoms with E-state index < -0.39 is 5.97 Å². The maximum Gasteiger partial charge on any atom is 0.317 e. The van der Waals surface area contributed by atoms with Gasteiger partial charge in [0.25, 0.3) is 0 Å². The Kier molecular flexibility index (Phi) is 4.47. The molecule has 1 atom stereocenters. The highest BCUT2D eigenvalue weighted by Gasteiger charge is 2.09. The van der Waals surface area contributed by atoms with E-state index in [1.54, 1.807) is 0 Å². The number of benzene rings is 1. The van der Waals surface area contributed by atoms with Crippen LogP contribution in [-0.4, -0.2) is 28.6 Å². The van der Waals surface area contributed by atoms with Crippen molar-refractivity contribution >= 4 is 16.7 Å². The molecule has 0 aliphatic rings. The lowest BCUT2D eigenvalue weighted by atomic mass is 10.1. The molecule has 1 heterocycles. The molecule has 4 heteroatoms. The average Bonchev–Trinajstić information content (AvgIpc) is 2.43. The van der Waals surface area contributed by atoms with Crippen LogP contribution in [0.3, 0.4) is 0 Å².